The lowest BCUT2D eigenvalue weighted by atomic mass is 10.1. The van der Waals surface area contributed by atoms with E-state index in [0.29, 0.717) is 33.2 Å². The molecule has 5 rings (SSSR count). The summed E-state index contributed by atoms with van der Waals surface area (Å²) in [5.74, 6) is 1.03. The van der Waals surface area contributed by atoms with Gasteiger partial charge in [-0.3, -0.25) is 0 Å². The number of methoxy groups -OCH3 is 2. The Morgan fingerprint density at radius 3 is 2.70 bits per heavy atom. The zero-order valence-electron chi connectivity index (χ0n) is 17.9. The minimum atomic E-state index is -0.454. The molecule has 33 heavy (non-hydrogen) atoms. The number of esters is 1. The molecule has 0 unspecified atom stereocenters. The van der Waals surface area contributed by atoms with Crippen LogP contribution in [0.15, 0.2) is 48.0 Å². The molecule has 9 heteroatoms. The maximum atomic E-state index is 12.5. The highest BCUT2D eigenvalue weighted by Gasteiger charge is 2.31. The third-order valence-electron chi connectivity index (χ3n) is 5.36. The van der Waals surface area contributed by atoms with Crippen molar-refractivity contribution >= 4 is 51.2 Å². The Kier molecular flexibility index (Phi) is 6.05. The van der Waals surface area contributed by atoms with E-state index >= 15 is 0 Å². The van der Waals surface area contributed by atoms with Crippen LogP contribution in [-0.2, 0) is 4.74 Å². The van der Waals surface area contributed by atoms with Crippen molar-refractivity contribution in [3.05, 3.63) is 64.3 Å². The van der Waals surface area contributed by atoms with Gasteiger partial charge in [-0.1, -0.05) is 29.0 Å². The highest BCUT2D eigenvalue weighted by molar-refractivity contribution is 7.19. The number of nitrogens with one attached hydrogen (secondary N) is 1. The first-order valence-electron chi connectivity index (χ1n) is 10.3. The van der Waals surface area contributed by atoms with Gasteiger partial charge >= 0.3 is 5.97 Å². The Morgan fingerprint density at radius 1 is 1.18 bits per heavy atom. The molecule has 1 N–H and O–H groups in total. The number of rotatable bonds is 7. The minimum Gasteiger partial charge on any atom is -0.495 e. The zero-order valence-corrected chi connectivity index (χ0v) is 20.3. The van der Waals surface area contributed by atoms with E-state index < -0.39 is 5.97 Å². The standard InChI is InChI=1S/C24H20ClN3O3S2/c1-30-18-8-7-14(11-17(18)25)21-20(13-5-6-13)27-24(33-21)28-22-16(23(29)31-2)10-15(12-26-22)19-4-3-9-32-19/h3-4,7-13H,5-6H2,1-2H3,(H,26,27,28). The second kappa shape index (κ2) is 9.13. The van der Waals surface area contributed by atoms with Crippen molar-refractivity contribution in [2.24, 2.45) is 0 Å². The summed E-state index contributed by atoms with van der Waals surface area (Å²) >= 11 is 9.48. The lowest BCUT2D eigenvalue weighted by Crippen LogP contribution is -2.07. The van der Waals surface area contributed by atoms with Crippen molar-refractivity contribution < 1.29 is 14.3 Å². The summed E-state index contributed by atoms with van der Waals surface area (Å²) in [4.78, 5) is 24.0. The van der Waals surface area contributed by atoms with Gasteiger partial charge in [0.2, 0.25) is 0 Å². The van der Waals surface area contributed by atoms with Crippen molar-refractivity contribution in [3.63, 3.8) is 0 Å². The number of carbonyl (C=O) groups excluding carboxylic acids is 1. The maximum Gasteiger partial charge on any atom is 0.341 e. The number of aromatic nitrogens is 2. The van der Waals surface area contributed by atoms with Crippen LogP contribution in [0.3, 0.4) is 0 Å². The van der Waals surface area contributed by atoms with E-state index in [-0.39, 0.29) is 0 Å². The van der Waals surface area contributed by atoms with Crippen LogP contribution in [0.5, 0.6) is 5.75 Å². The van der Waals surface area contributed by atoms with Crippen molar-refractivity contribution in [1.29, 1.82) is 0 Å². The van der Waals surface area contributed by atoms with E-state index in [1.165, 1.54) is 18.4 Å². The molecule has 4 aromatic rings. The Bertz CT molecular complexity index is 1320. The minimum absolute atomic E-state index is 0.362. The molecule has 1 aliphatic rings. The fourth-order valence-electron chi connectivity index (χ4n) is 3.54. The van der Waals surface area contributed by atoms with E-state index in [1.54, 1.807) is 30.7 Å². The summed E-state index contributed by atoms with van der Waals surface area (Å²) in [6.45, 7) is 0. The van der Waals surface area contributed by atoms with Crippen LogP contribution in [-0.4, -0.2) is 30.2 Å². The molecule has 0 radical (unpaired) electrons. The molecule has 1 aromatic carbocycles. The lowest BCUT2D eigenvalue weighted by Gasteiger charge is -2.09. The molecule has 0 spiro atoms. The summed E-state index contributed by atoms with van der Waals surface area (Å²) in [6, 6.07) is 11.5. The third-order valence-corrected chi connectivity index (χ3v) is 7.61. The first-order valence-corrected chi connectivity index (χ1v) is 12.4. The SMILES string of the molecule is COC(=O)c1cc(-c2cccs2)cnc1Nc1nc(C2CC2)c(-c2ccc(OC)c(Cl)c2)s1. The Balaban J connectivity index is 1.51. The maximum absolute atomic E-state index is 12.5. The molecule has 0 saturated heterocycles. The van der Waals surface area contributed by atoms with Crippen molar-refractivity contribution in [1.82, 2.24) is 9.97 Å². The van der Waals surface area contributed by atoms with Gasteiger partial charge in [-0.15, -0.1) is 11.3 Å². The average Bonchev–Trinajstić information content (AvgIpc) is 3.36. The van der Waals surface area contributed by atoms with Gasteiger partial charge < -0.3 is 14.8 Å². The molecule has 6 nitrogen and oxygen atoms in total. The van der Waals surface area contributed by atoms with Crippen LogP contribution < -0.4 is 10.1 Å². The van der Waals surface area contributed by atoms with Gasteiger partial charge in [-0.05, 0) is 54.1 Å². The van der Waals surface area contributed by atoms with Gasteiger partial charge in [-0.2, -0.15) is 0 Å². The summed E-state index contributed by atoms with van der Waals surface area (Å²) in [6.07, 6.45) is 3.97. The molecular weight excluding hydrogens is 478 g/mol. The number of thiophene rings is 1. The van der Waals surface area contributed by atoms with Gasteiger partial charge in [0.25, 0.3) is 0 Å². The van der Waals surface area contributed by atoms with Gasteiger partial charge in [0.05, 0.1) is 29.8 Å². The van der Waals surface area contributed by atoms with Crippen LogP contribution in [0.25, 0.3) is 20.9 Å². The number of pyridine rings is 1. The second-order valence-corrected chi connectivity index (χ2v) is 9.92. The topological polar surface area (TPSA) is 73.3 Å². The monoisotopic (exact) mass is 497 g/mol. The Labute approximate surface area is 204 Å². The lowest BCUT2D eigenvalue weighted by molar-refractivity contribution is 0.0601. The molecule has 1 fully saturated rings. The fraction of sp³-hybridized carbons (Fsp3) is 0.208. The molecule has 0 aliphatic heterocycles. The van der Waals surface area contributed by atoms with E-state index in [2.05, 4.69) is 10.3 Å². The largest absolute Gasteiger partial charge is 0.495 e. The first kappa shape index (κ1) is 21.9. The fourth-order valence-corrected chi connectivity index (χ4v) is 5.56. The van der Waals surface area contributed by atoms with Crippen LogP contribution in [0.1, 0.15) is 34.8 Å². The van der Waals surface area contributed by atoms with Gasteiger partial charge in [0.15, 0.2) is 5.13 Å². The number of halogens is 1. The van der Waals surface area contributed by atoms with E-state index in [9.17, 15) is 4.79 Å². The normalized spacial score (nSPS) is 13.1. The van der Waals surface area contributed by atoms with E-state index in [4.69, 9.17) is 26.1 Å². The van der Waals surface area contributed by atoms with E-state index in [0.717, 1.165) is 39.4 Å². The molecule has 1 saturated carbocycles. The number of hydrogen-bond donors (Lipinski definition) is 1. The molecule has 3 aromatic heterocycles. The van der Waals surface area contributed by atoms with Gasteiger partial charge in [0, 0.05) is 22.6 Å². The Morgan fingerprint density at radius 2 is 2.03 bits per heavy atom. The summed E-state index contributed by atoms with van der Waals surface area (Å²) < 4.78 is 10.3. The molecule has 0 amide bonds. The highest BCUT2D eigenvalue weighted by atomic mass is 35.5. The van der Waals surface area contributed by atoms with E-state index in [1.807, 2.05) is 35.7 Å². The predicted molar refractivity (Wildman–Crippen MR) is 133 cm³/mol. The number of carbonyl (C=O) groups is 1. The van der Waals surface area contributed by atoms with Crippen LogP contribution in [0.2, 0.25) is 5.02 Å². The number of nitrogens with zero attached hydrogens (tertiary/aromatic N) is 2. The molecule has 1 aliphatic carbocycles. The number of thiazole rings is 1. The van der Waals surface area contributed by atoms with Gasteiger partial charge in [-0.25, -0.2) is 14.8 Å². The highest BCUT2D eigenvalue weighted by Crippen LogP contribution is 2.48. The molecular formula is C24H20ClN3O3S2. The second-order valence-electron chi connectivity index (χ2n) is 7.57. The number of benzene rings is 1. The number of hydrogen-bond acceptors (Lipinski definition) is 8. The quantitative estimate of drug-likeness (QED) is 0.277. The smallest absolute Gasteiger partial charge is 0.341 e. The van der Waals surface area contributed by atoms with Crippen molar-refractivity contribution in [3.8, 4) is 26.6 Å². The molecule has 3 heterocycles. The van der Waals surface area contributed by atoms with Crippen LogP contribution in [0.4, 0.5) is 10.9 Å². The molecule has 0 atom stereocenters. The molecule has 168 valence electrons. The predicted octanol–water partition coefficient (Wildman–Crippen LogP) is 7.00. The average molecular weight is 498 g/mol. The third kappa shape index (κ3) is 4.46. The number of ether oxygens (including phenoxy) is 2. The van der Waals surface area contributed by atoms with Crippen LogP contribution in [0, 0.1) is 0 Å². The Hall–Kier alpha value is -2.94. The van der Waals surface area contributed by atoms with Crippen molar-refractivity contribution in [2.45, 2.75) is 18.8 Å². The summed E-state index contributed by atoms with van der Waals surface area (Å²) in [5.41, 5.74) is 3.25. The number of anilines is 2. The summed E-state index contributed by atoms with van der Waals surface area (Å²) in [7, 11) is 2.96. The van der Waals surface area contributed by atoms with Crippen LogP contribution >= 0.6 is 34.3 Å². The molecule has 0 bridgehead atoms. The van der Waals surface area contributed by atoms with Gasteiger partial charge in [0.1, 0.15) is 17.1 Å². The zero-order chi connectivity index (χ0) is 22.9. The summed E-state index contributed by atoms with van der Waals surface area (Å²) in [5, 5.41) is 6.46. The van der Waals surface area contributed by atoms with Crippen molar-refractivity contribution in [2.75, 3.05) is 19.5 Å². The first-order chi connectivity index (χ1) is 16.1.